The maximum Gasteiger partial charge on any atom is 0.191 e. The maximum absolute atomic E-state index is 4.48. The molecule has 0 radical (unpaired) electrons. The fourth-order valence-corrected chi connectivity index (χ4v) is 4.03. The number of fused-ring (bicyclic) bond motifs is 1. The monoisotopic (exact) mass is 348 g/mol. The molecule has 0 aliphatic carbocycles. The summed E-state index contributed by atoms with van der Waals surface area (Å²) in [6.07, 6.45) is 2.02. The summed E-state index contributed by atoms with van der Waals surface area (Å²) < 4.78 is 2.19. The first kappa shape index (κ1) is 16.0. The van der Waals surface area contributed by atoms with Crippen LogP contribution in [0.1, 0.15) is 18.1 Å². The van der Waals surface area contributed by atoms with E-state index in [9.17, 15) is 0 Å². The van der Waals surface area contributed by atoms with E-state index in [4.69, 9.17) is 0 Å². The summed E-state index contributed by atoms with van der Waals surface area (Å²) in [6, 6.07) is 16.9. The van der Waals surface area contributed by atoms with Crippen LogP contribution in [0.3, 0.4) is 0 Å². The molecule has 0 spiro atoms. The number of nitrogens with zero attached hydrogens (tertiary/aromatic N) is 3. The molecule has 4 rings (SSSR count). The van der Waals surface area contributed by atoms with Crippen molar-refractivity contribution in [2.24, 2.45) is 0 Å². The molecule has 0 unspecified atom stereocenters. The third-order valence-corrected chi connectivity index (χ3v) is 5.35. The lowest BCUT2D eigenvalue weighted by Gasteiger charge is -2.07. The molecular formula is C20H20N4S. The SMILES string of the molecule is CCn1c(SCc2cccc(C)c2)nnc1-c1c[nH]c2ccccc12. The summed E-state index contributed by atoms with van der Waals surface area (Å²) in [5.41, 5.74) is 4.82. The van der Waals surface area contributed by atoms with Gasteiger partial charge >= 0.3 is 0 Å². The first-order valence-electron chi connectivity index (χ1n) is 8.44. The van der Waals surface area contributed by atoms with Gasteiger partial charge in [-0.2, -0.15) is 0 Å². The van der Waals surface area contributed by atoms with Crippen molar-refractivity contribution in [3.63, 3.8) is 0 Å². The van der Waals surface area contributed by atoms with Crippen LogP contribution in [0, 0.1) is 6.92 Å². The van der Waals surface area contributed by atoms with Crippen molar-refractivity contribution in [2.75, 3.05) is 0 Å². The van der Waals surface area contributed by atoms with Crippen LogP contribution in [-0.2, 0) is 12.3 Å². The fraction of sp³-hybridized carbons (Fsp3) is 0.200. The Morgan fingerprint density at radius 1 is 1.08 bits per heavy atom. The molecule has 25 heavy (non-hydrogen) atoms. The number of aryl methyl sites for hydroxylation is 1. The quantitative estimate of drug-likeness (QED) is 0.514. The predicted octanol–water partition coefficient (Wildman–Crippen LogP) is 5.05. The summed E-state index contributed by atoms with van der Waals surface area (Å²) in [6.45, 7) is 5.11. The smallest absolute Gasteiger partial charge is 0.191 e. The zero-order valence-electron chi connectivity index (χ0n) is 14.4. The van der Waals surface area contributed by atoms with Crippen molar-refractivity contribution in [2.45, 2.75) is 31.3 Å². The van der Waals surface area contributed by atoms with Crippen LogP contribution in [0.4, 0.5) is 0 Å². The van der Waals surface area contributed by atoms with Crippen LogP contribution < -0.4 is 0 Å². The number of H-pyrrole nitrogens is 1. The molecule has 0 atom stereocenters. The first-order valence-corrected chi connectivity index (χ1v) is 9.43. The lowest BCUT2D eigenvalue weighted by Crippen LogP contribution is -1.99. The number of hydrogen-bond donors (Lipinski definition) is 1. The number of aromatic nitrogens is 4. The van der Waals surface area contributed by atoms with E-state index in [-0.39, 0.29) is 0 Å². The van der Waals surface area contributed by atoms with Gasteiger partial charge in [0.15, 0.2) is 11.0 Å². The zero-order valence-corrected chi connectivity index (χ0v) is 15.2. The lowest BCUT2D eigenvalue weighted by molar-refractivity contribution is 0.687. The minimum absolute atomic E-state index is 0.845. The molecule has 2 aromatic carbocycles. The molecule has 2 aromatic heterocycles. The molecule has 5 heteroatoms. The molecule has 126 valence electrons. The third kappa shape index (κ3) is 3.07. The lowest BCUT2D eigenvalue weighted by atomic mass is 10.1. The Hall–Kier alpha value is -2.53. The highest BCUT2D eigenvalue weighted by molar-refractivity contribution is 7.98. The van der Waals surface area contributed by atoms with Crippen molar-refractivity contribution in [3.8, 4) is 11.4 Å². The summed E-state index contributed by atoms with van der Waals surface area (Å²) in [4.78, 5) is 3.32. The van der Waals surface area contributed by atoms with Crippen LogP contribution in [0.15, 0.2) is 59.9 Å². The van der Waals surface area contributed by atoms with E-state index in [1.165, 1.54) is 16.5 Å². The van der Waals surface area contributed by atoms with E-state index < -0.39 is 0 Å². The highest BCUT2D eigenvalue weighted by Crippen LogP contribution is 2.30. The zero-order chi connectivity index (χ0) is 17.2. The standard InChI is InChI=1S/C20H20N4S/c1-3-24-19(17-12-21-18-10-5-4-9-16(17)18)22-23-20(24)25-13-15-8-6-7-14(2)11-15/h4-12,21H,3,13H2,1-2H3. The van der Waals surface area contributed by atoms with E-state index in [0.29, 0.717) is 0 Å². The average Bonchev–Trinajstić information content (AvgIpc) is 3.23. The molecule has 0 bridgehead atoms. The van der Waals surface area contributed by atoms with E-state index in [2.05, 4.69) is 76.1 Å². The molecule has 0 amide bonds. The number of benzene rings is 2. The molecule has 2 heterocycles. The molecule has 4 aromatic rings. The Labute approximate surface area is 151 Å². The Morgan fingerprint density at radius 2 is 1.96 bits per heavy atom. The van der Waals surface area contributed by atoms with Gasteiger partial charge in [0.05, 0.1) is 0 Å². The van der Waals surface area contributed by atoms with Crippen molar-refractivity contribution >= 4 is 22.7 Å². The van der Waals surface area contributed by atoms with E-state index in [1.807, 2.05) is 12.3 Å². The highest BCUT2D eigenvalue weighted by atomic mass is 32.2. The van der Waals surface area contributed by atoms with E-state index in [0.717, 1.165) is 34.4 Å². The third-order valence-electron chi connectivity index (χ3n) is 4.31. The van der Waals surface area contributed by atoms with Crippen LogP contribution in [0.2, 0.25) is 0 Å². The molecule has 4 nitrogen and oxygen atoms in total. The molecule has 0 saturated heterocycles. The summed E-state index contributed by atoms with van der Waals surface area (Å²) in [5.74, 6) is 1.82. The second kappa shape index (κ2) is 6.76. The summed E-state index contributed by atoms with van der Waals surface area (Å²) >= 11 is 1.74. The number of aromatic amines is 1. The Balaban J connectivity index is 1.65. The van der Waals surface area contributed by atoms with Crippen molar-refractivity contribution < 1.29 is 0 Å². The highest BCUT2D eigenvalue weighted by Gasteiger charge is 2.16. The maximum atomic E-state index is 4.48. The Morgan fingerprint density at radius 3 is 2.80 bits per heavy atom. The largest absolute Gasteiger partial charge is 0.360 e. The molecule has 1 N–H and O–H groups in total. The topological polar surface area (TPSA) is 46.5 Å². The van der Waals surface area contributed by atoms with Crippen LogP contribution in [0.25, 0.3) is 22.3 Å². The summed E-state index contributed by atoms with van der Waals surface area (Å²) in [7, 11) is 0. The second-order valence-corrected chi connectivity index (χ2v) is 7.02. The van der Waals surface area contributed by atoms with Gasteiger partial charge in [-0.05, 0) is 25.5 Å². The van der Waals surface area contributed by atoms with Crippen molar-refractivity contribution in [1.29, 1.82) is 0 Å². The van der Waals surface area contributed by atoms with Gasteiger partial charge < -0.3 is 9.55 Å². The number of thioether (sulfide) groups is 1. The van der Waals surface area contributed by atoms with Crippen molar-refractivity contribution in [1.82, 2.24) is 19.7 Å². The average molecular weight is 348 g/mol. The second-order valence-electron chi connectivity index (χ2n) is 6.08. The number of para-hydroxylation sites is 1. The predicted molar refractivity (Wildman–Crippen MR) is 104 cm³/mol. The minimum Gasteiger partial charge on any atom is -0.360 e. The van der Waals surface area contributed by atoms with Gasteiger partial charge in [-0.25, -0.2) is 0 Å². The van der Waals surface area contributed by atoms with Gasteiger partial charge in [-0.1, -0.05) is 59.8 Å². The Bertz CT molecular complexity index is 1020. The van der Waals surface area contributed by atoms with Gasteiger partial charge in [-0.15, -0.1) is 10.2 Å². The number of hydrogen-bond acceptors (Lipinski definition) is 3. The van der Waals surface area contributed by atoms with Crippen molar-refractivity contribution in [3.05, 3.63) is 65.9 Å². The summed E-state index contributed by atoms with van der Waals surface area (Å²) in [5, 5.41) is 11.1. The van der Waals surface area contributed by atoms with Gasteiger partial charge in [0.25, 0.3) is 0 Å². The molecule has 0 aliphatic heterocycles. The number of nitrogens with one attached hydrogen (secondary N) is 1. The molecular weight excluding hydrogens is 328 g/mol. The van der Waals surface area contributed by atoms with Crippen LogP contribution in [-0.4, -0.2) is 19.7 Å². The van der Waals surface area contributed by atoms with Crippen LogP contribution >= 0.6 is 11.8 Å². The van der Waals surface area contributed by atoms with E-state index in [1.54, 1.807) is 11.8 Å². The number of rotatable bonds is 5. The van der Waals surface area contributed by atoms with Gasteiger partial charge in [0, 0.05) is 35.0 Å². The molecule has 0 saturated carbocycles. The Kier molecular flexibility index (Phi) is 4.32. The van der Waals surface area contributed by atoms with Gasteiger partial charge in [-0.3, -0.25) is 0 Å². The normalized spacial score (nSPS) is 11.3. The van der Waals surface area contributed by atoms with Gasteiger partial charge in [0.1, 0.15) is 0 Å². The molecule has 0 aliphatic rings. The first-order chi connectivity index (χ1) is 12.3. The minimum atomic E-state index is 0.845. The van der Waals surface area contributed by atoms with E-state index >= 15 is 0 Å². The van der Waals surface area contributed by atoms with Gasteiger partial charge in [0.2, 0.25) is 0 Å². The fourth-order valence-electron chi connectivity index (χ4n) is 3.09. The van der Waals surface area contributed by atoms with Crippen LogP contribution in [0.5, 0.6) is 0 Å². The molecule has 0 fully saturated rings.